The van der Waals surface area contributed by atoms with Crippen LogP contribution in [0.15, 0.2) is 61.3 Å². The molecule has 4 rings (SSSR count). The molecule has 23 heavy (non-hydrogen) atoms. The Kier molecular flexibility index (Phi) is 3.15. The zero-order chi connectivity index (χ0) is 15.8. The minimum Gasteiger partial charge on any atom is -0.264 e. The average molecular weight is 300 g/mol. The third-order valence-electron chi connectivity index (χ3n) is 3.98. The Morgan fingerprint density at radius 3 is 2.52 bits per heavy atom. The molecule has 0 bridgehead atoms. The van der Waals surface area contributed by atoms with Crippen molar-refractivity contribution in [3.05, 3.63) is 72.4 Å². The molecular formula is C19H16N4. The summed E-state index contributed by atoms with van der Waals surface area (Å²) in [6, 6.07) is 10.4. The maximum absolute atomic E-state index is 4.59. The topological polar surface area (TPSA) is 43.6 Å². The molecule has 0 unspecified atom stereocenters. The maximum atomic E-state index is 4.59. The molecule has 3 aromatic heterocycles. The lowest BCUT2D eigenvalue weighted by molar-refractivity contribution is 0.855. The van der Waals surface area contributed by atoms with Crippen LogP contribution in [0.5, 0.6) is 0 Å². The van der Waals surface area contributed by atoms with Crippen molar-refractivity contribution in [2.45, 2.75) is 13.8 Å². The summed E-state index contributed by atoms with van der Waals surface area (Å²) in [4.78, 5) is 8.84. The fourth-order valence-corrected chi connectivity index (χ4v) is 2.80. The van der Waals surface area contributed by atoms with Gasteiger partial charge in [-0.25, -0.2) is 9.67 Å². The van der Waals surface area contributed by atoms with Crippen LogP contribution in [0.3, 0.4) is 0 Å². The molecule has 0 N–H and O–H groups in total. The van der Waals surface area contributed by atoms with Gasteiger partial charge in [-0.05, 0) is 36.4 Å². The monoisotopic (exact) mass is 300 g/mol. The molecule has 3 heterocycles. The summed E-state index contributed by atoms with van der Waals surface area (Å²) in [5, 5.41) is 6.80. The lowest BCUT2D eigenvalue weighted by Gasteiger charge is -2.07. The van der Waals surface area contributed by atoms with E-state index in [9.17, 15) is 0 Å². The van der Waals surface area contributed by atoms with Crippen LogP contribution in [-0.2, 0) is 0 Å². The van der Waals surface area contributed by atoms with E-state index in [0.717, 1.165) is 27.9 Å². The van der Waals surface area contributed by atoms with Crippen molar-refractivity contribution in [1.82, 2.24) is 19.7 Å². The molecule has 0 aliphatic rings. The van der Waals surface area contributed by atoms with Gasteiger partial charge in [0.2, 0.25) is 0 Å². The predicted octanol–water partition coefficient (Wildman–Crippen LogP) is 4.10. The molecule has 0 radical (unpaired) electrons. The van der Waals surface area contributed by atoms with Crippen LogP contribution in [0.1, 0.15) is 11.1 Å². The van der Waals surface area contributed by atoms with E-state index in [-0.39, 0.29) is 0 Å². The molecule has 0 spiro atoms. The lowest BCUT2D eigenvalue weighted by atomic mass is 10.1. The molecule has 0 aliphatic heterocycles. The minimum absolute atomic E-state index is 0.845. The van der Waals surface area contributed by atoms with Crippen LogP contribution in [0, 0.1) is 13.8 Å². The zero-order valence-electron chi connectivity index (χ0n) is 13.1. The highest BCUT2D eigenvalue weighted by molar-refractivity contribution is 5.90. The van der Waals surface area contributed by atoms with Gasteiger partial charge in [-0.15, -0.1) is 0 Å². The van der Waals surface area contributed by atoms with Gasteiger partial charge in [-0.2, -0.15) is 5.10 Å². The standard InChI is InChI=1S/C19H16N4/c1-13-7-15(10-20-8-13)16-11-22-23(12-16)19-18-6-4-3-5-17(18)14(2)9-21-19/h3-12H,1-2H3. The van der Waals surface area contributed by atoms with Gasteiger partial charge in [0.05, 0.1) is 6.20 Å². The average Bonchev–Trinajstić information content (AvgIpc) is 3.05. The van der Waals surface area contributed by atoms with Crippen molar-refractivity contribution in [3.8, 4) is 16.9 Å². The first-order valence-corrected chi connectivity index (χ1v) is 7.54. The molecule has 4 heteroatoms. The molecule has 0 atom stereocenters. The van der Waals surface area contributed by atoms with Gasteiger partial charge in [0.1, 0.15) is 0 Å². The number of nitrogens with zero attached hydrogens (tertiary/aromatic N) is 4. The SMILES string of the molecule is Cc1cncc(-c2cnn(-c3ncc(C)c4ccccc34)c2)c1. The maximum Gasteiger partial charge on any atom is 0.161 e. The van der Waals surface area contributed by atoms with Crippen molar-refractivity contribution >= 4 is 10.8 Å². The summed E-state index contributed by atoms with van der Waals surface area (Å²) in [6.07, 6.45) is 9.46. The molecule has 0 amide bonds. The number of hydrogen-bond donors (Lipinski definition) is 0. The van der Waals surface area contributed by atoms with E-state index in [1.165, 1.54) is 10.9 Å². The second kappa shape index (κ2) is 5.32. The normalized spacial score (nSPS) is 11.0. The van der Waals surface area contributed by atoms with E-state index < -0.39 is 0 Å². The number of fused-ring (bicyclic) bond motifs is 1. The lowest BCUT2D eigenvalue weighted by Crippen LogP contribution is -1.99. The highest BCUT2D eigenvalue weighted by atomic mass is 15.3. The Bertz CT molecular complexity index is 1000. The first kappa shape index (κ1) is 13.6. The number of aromatic nitrogens is 4. The van der Waals surface area contributed by atoms with Gasteiger partial charge in [0, 0.05) is 41.3 Å². The summed E-state index contributed by atoms with van der Waals surface area (Å²) in [6.45, 7) is 4.11. The van der Waals surface area contributed by atoms with Crippen molar-refractivity contribution in [3.63, 3.8) is 0 Å². The fourth-order valence-electron chi connectivity index (χ4n) is 2.80. The van der Waals surface area contributed by atoms with Gasteiger partial charge >= 0.3 is 0 Å². The second-order valence-corrected chi connectivity index (χ2v) is 5.73. The summed E-state index contributed by atoms with van der Waals surface area (Å²) in [5.41, 5.74) is 4.40. The molecule has 1 aromatic carbocycles. The molecule has 112 valence electrons. The van der Waals surface area contributed by atoms with Gasteiger partial charge < -0.3 is 0 Å². The van der Waals surface area contributed by atoms with Gasteiger partial charge in [-0.1, -0.05) is 24.3 Å². The van der Waals surface area contributed by atoms with E-state index >= 15 is 0 Å². The Hall–Kier alpha value is -3.01. The van der Waals surface area contributed by atoms with Crippen LogP contribution in [0.2, 0.25) is 0 Å². The van der Waals surface area contributed by atoms with E-state index in [2.05, 4.69) is 40.2 Å². The fraction of sp³-hybridized carbons (Fsp3) is 0.105. The second-order valence-electron chi connectivity index (χ2n) is 5.73. The summed E-state index contributed by atoms with van der Waals surface area (Å²) >= 11 is 0. The number of pyridine rings is 2. The van der Waals surface area contributed by atoms with E-state index in [1.807, 2.05) is 54.7 Å². The van der Waals surface area contributed by atoms with Crippen LogP contribution < -0.4 is 0 Å². The molecule has 0 aliphatic carbocycles. The third kappa shape index (κ3) is 2.38. The number of hydrogen-bond acceptors (Lipinski definition) is 3. The van der Waals surface area contributed by atoms with Crippen molar-refractivity contribution in [1.29, 1.82) is 0 Å². The Balaban J connectivity index is 1.85. The molecular weight excluding hydrogens is 284 g/mol. The summed E-state index contributed by atoms with van der Waals surface area (Å²) < 4.78 is 1.83. The highest BCUT2D eigenvalue weighted by Crippen LogP contribution is 2.25. The molecule has 0 saturated carbocycles. The zero-order valence-corrected chi connectivity index (χ0v) is 13.1. The van der Waals surface area contributed by atoms with Gasteiger partial charge in [0.25, 0.3) is 0 Å². The van der Waals surface area contributed by atoms with Gasteiger partial charge in [0.15, 0.2) is 5.82 Å². The number of rotatable bonds is 2. The summed E-state index contributed by atoms with van der Waals surface area (Å²) in [5.74, 6) is 0.845. The predicted molar refractivity (Wildman–Crippen MR) is 91.6 cm³/mol. The largest absolute Gasteiger partial charge is 0.264 e. The Labute approximate surface area is 134 Å². The van der Waals surface area contributed by atoms with Crippen LogP contribution in [0.25, 0.3) is 27.7 Å². The Morgan fingerprint density at radius 2 is 1.70 bits per heavy atom. The third-order valence-corrected chi connectivity index (χ3v) is 3.98. The molecule has 0 fully saturated rings. The van der Waals surface area contributed by atoms with E-state index in [1.54, 1.807) is 0 Å². The quantitative estimate of drug-likeness (QED) is 0.560. The molecule has 0 saturated heterocycles. The first-order valence-electron chi connectivity index (χ1n) is 7.54. The minimum atomic E-state index is 0.845. The molecule has 4 aromatic rings. The first-order chi connectivity index (χ1) is 11.2. The number of benzene rings is 1. The Morgan fingerprint density at radius 1 is 0.870 bits per heavy atom. The van der Waals surface area contributed by atoms with E-state index in [0.29, 0.717) is 0 Å². The van der Waals surface area contributed by atoms with Crippen LogP contribution in [0.4, 0.5) is 0 Å². The van der Waals surface area contributed by atoms with Gasteiger partial charge in [-0.3, -0.25) is 4.98 Å². The summed E-state index contributed by atoms with van der Waals surface area (Å²) in [7, 11) is 0. The van der Waals surface area contributed by atoms with Crippen molar-refractivity contribution in [2.24, 2.45) is 0 Å². The van der Waals surface area contributed by atoms with Crippen LogP contribution in [-0.4, -0.2) is 19.7 Å². The highest BCUT2D eigenvalue weighted by Gasteiger charge is 2.09. The molecule has 4 nitrogen and oxygen atoms in total. The van der Waals surface area contributed by atoms with Crippen LogP contribution >= 0.6 is 0 Å². The smallest absolute Gasteiger partial charge is 0.161 e. The van der Waals surface area contributed by atoms with Crippen molar-refractivity contribution < 1.29 is 0 Å². The van der Waals surface area contributed by atoms with E-state index in [4.69, 9.17) is 0 Å². The van der Waals surface area contributed by atoms with Crippen molar-refractivity contribution in [2.75, 3.05) is 0 Å². The number of aryl methyl sites for hydroxylation is 2.